The first kappa shape index (κ1) is 17.2. The number of carbonyl (C=O) groups excluding carboxylic acids is 1. The zero-order valence-corrected chi connectivity index (χ0v) is 14.5. The Morgan fingerprint density at radius 2 is 1.83 bits per heavy atom. The van der Waals surface area contributed by atoms with Crippen molar-refractivity contribution in [3.8, 4) is 0 Å². The molecule has 0 unspecified atom stereocenters. The van der Waals surface area contributed by atoms with Gasteiger partial charge in [-0.25, -0.2) is 4.79 Å². The molecule has 2 fully saturated rings. The zero-order chi connectivity index (χ0) is 17.4. The monoisotopic (exact) mass is 354 g/mol. The highest BCUT2D eigenvalue weighted by Crippen LogP contribution is 2.35. The van der Waals surface area contributed by atoms with E-state index in [0.717, 1.165) is 32.5 Å². The van der Waals surface area contributed by atoms with Crippen LogP contribution in [-0.2, 0) is 20.6 Å². The maximum Gasteiger partial charge on any atom is 0.415 e. The Morgan fingerprint density at radius 3 is 2.38 bits per heavy atom. The van der Waals surface area contributed by atoms with Crippen LogP contribution in [0.25, 0.3) is 0 Å². The molecule has 1 spiro atoms. The Labute approximate surface area is 141 Å². The van der Waals surface area contributed by atoms with Crippen molar-refractivity contribution in [1.29, 1.82) is 0 Å². The van der Waals surface area contributed by atoms with E-state index >= 15 is 0 Å². The Hall–Kier alpha value is -1.64. The highest BCUT2D eigenvalue weighted by molar-refractivity contribution is 7.85. The number of hydrogen-bond acceptors (Lipinski definition) is 5. The number of ether oxygens (including phenoxy) is 1. The summed E-state index contributed by atoms with van der Waals surface area (Å²) in [7, 11) is -4.06. The topological polar surface area (TPSA) is 87.2 Å². The van der Waals surface area contributed by atoms with Gasteiger partial charge in [0.05, 0.1) is 6.54 Å². The normalized spacial score (nSPS) is 21.2. The molecule has 0 aromatic heterocycles. The van der Waals surface area contributed by atoms with E-state index in [9.17, 15) is 13.2 Å². The standard InChI is InChI=1S/C16H22N2O5S/c1-2-17-9-7-16(8-10-17)12-18(15(19)23-16)14-5-3-13(4-6-14)11-24(20,21)22/h3-6H,2,7-12H2,1H3,(H,20,21,22). The Bertz CT molecular complexity index is 708. The molecule has 2 aliphatic heterocycles. The smallest absolute Gasteiger partial charge is 0.415 e. The molecular weight excluding hydrogens is 332 g/mol. The van der Waals surface area contributed by atoms with Gasteiger partial charge in [-0.2, -0.15) is 8.42 Å². The molecule has 0 saturated carbocycles. The van der Waals surface area contributed by atoms with Gasteiger partial charge in [0.25, 0.3) is 10.1 Å². The van der Waals surface area contributed by atoms with Crippen molar-refractivity contribution in [3.05, 3.63) is 29.8 Å². The molecule has 2 aliphatic rings. The lowest BCUT2D eigenvalue weighted by Crippen LogP contribution is -2.46. The first-order valence-corrected chi connectivity index (χ1v) is 9.68. The number of piperidine rings is 1. The number of likely N-dealkylation sites (tertiary alicyclic amines) is 1. The third-order valence-corrected chi connectivity index (χ3v) is 5.48. The first-order valence-electron chi connectivity index (χ1n) is 8.07. The van der Waals surface area contributed by atoms with Gasteiger partial charge in [0, 0.05) is 31.6 Å². The molecule has 8 heteroatoms. The molecule has 2 saturated heterocycles. The van der Waals surface area contributed by atoms with E-state index in [0.29, 0.717) is 17.8 Å². The SMILES string of the molecule is CCN1CCC2(CC1)CN(c1ccc(CS(=O)(=O)O)cc1)C(=O)O2. The van der Waals surface area contributed by atoms with E-state index in [-0.39, 0.29) is 6.09 Å². The molecule has 132 valence electrons. The fourth-order valence-electron chi connectivity index (χ4n) is 3.34. The molecule has 0 radical (unpaired) electrons. The average Bonchev–Trinajstić information content (AvgIpc) is 2.84. The van der Waals surface area contributed by atoms with Gasteiger partial charge < -0.3 is 9.64 Å². The van der Waals surface area contributed by atoms with Crippen molar-refractivity contribution in [2.45, 2.75) is 31.1 Å². The minimum absolute atomic E-state index is 0.359. The number of amides is 1. The van der Waals surface area contributed by atoms with Crippen LogP contribution in [0.15, 0.2) is 24.3 Å². The quantitative estimate of drug-likeness (QED) is 0.831. The van der Waals surface area contributed by atoms with Crippen molar-refractivity contribution >= 4 is 21.9 Å². The molecule has 7 nitrogen and oxygen atoms in total. The van der Waals surface area contributed by atoms with Crippen LogP contribution in [0.2, 0.25) is 0 Å². The van der Waals surface area contributed by atoms with E-state index in [2.05, 4.69) is 11.8 Å². The first-order chi connectivity index (χ1) is 11.3. The number of carbonyl (C=O) groups is 1. The minimum Gasteiger partial charge on any atom is -0.441 e. The van der Waals surface area contributed by atoms with Crippen LogP contribution in [0.4, 0.5) is 10.5 Å². The van der Waals surface area contributed by atoms with Crippen molar-refractivity contribution in [3.63, 3.8) is 0 Å². The summed E-state index contributed by atoms with van der Waals surface area (Å²) in [5, 5.41) is 0. The largest absolute Gasteiger partial charge is 0.441 e. The predicted octanol–water partition coefficient (Wildman–Crippen LogP) is 1.89. The number of rotatable bonds is 4. The second kappa shape index (κ2) is 6.34. The van der Waals surface area contributed by atoms with Gasteiger partial charge in [-0.1, -0.05) is 19.1 Å². The lowest BCUT2D eigenvalue weighted by atomic mass is 9.91. The van der Waals surface area contributed by atoms with Gasteiger partial charge in [-0.3, -0.25) is 9.45 Å². The fraction of sp³-hybridized carbons (Fsp3) is 0.562. The summed E-state index contributed by atoms with van der Waals surface area (Å²) >= 11 is 0. The predicted molar refractivity (Wildman–Crippen MR) is 89.6 cm³/mol. The van der Waals surface area contributed by atoms with Crippen LogP contribution >= 0.6 is 0 Å². The molecule has 1 amide bonds. The third kappa shape index (κ3) is 3.71. The van der Waals surface area contributed by atoms with E-state index in [4.69, 9.17) is 9.29 Å². The Kier molecular flexibility index (Phi) is 4.54. The van der Waals surface area contributed by atoms with E-state index < -0.39 is 21.5 Å². The molecule has 24 heavy (non-hydrogen) atoms. The van der Waals surface area contributed by atoms with Gasteiger partial charge in [-0.05, 0) is 24.2 Å². The van der Waals surface area contributed by atoms with Crippen LogP contribution in [0.1, 0.15) is 25.3 Å². The summed E-state index contributed by atoms with van der Waals surface area (Å²) in [4.78, 5) is 16.2. The minimum atomic E-state index is -4.06. The summed E-state index contributed by atoms with van der Waals surface area (Å²) in [6.07, 6.45) is 1.29. The van der Waals surface area contributed by atoms with Crippen molar-refractivity contribution in [2.24, 2.45) is 0 Å². The molecule has 2 heterocycles. The highest BCUT2D eigenvalue weighted by Gasteiger charge is 2.47. The second-order valence-electron chi connectivity index (χ2n) is 6.46. The Balaban J connectivity index is 1.70. The molecule has 3 rings (SSSR count). The summed E-state index contributed by atoms with van der Waals surface area (Å²) in [6, 6.07) is 6.56. The van der Waals surface area contributed by atoms with E-state index in [1.807, 2.05) is 0 Å². The third-order valence-electron chi connectivity index (χ3n) is 4.78. The lowest BCUT2D eigenvalue weighted by Gasteiger charge is -2.36. The molecule has 0 aliphatic carbocycles. The maximum atomic E-state index is 12.3. The highest BCUT2D eigenvalue weighted by atomic mass is 32.2. The molecular formula is C16H22N2O5S. The molecule has 1 N–H and O–H groups in total. The van der Waals surface area contributed by atoms with Gasteiger partial charge in [0.2, 0.25) is 0 Å². The molecule has 0 atom stereocenters. The van der Waals surface area contributed by atoms with Crippen LogP contribution in [0.5, 0.6) is 0 Å². The zero-order valence-electron chi connectivity index (χ0n) is 13.6. The summed E-state index contributed by atoms with van der Waals surface area (Å²) in [5.74, 6) is -0.436. The lowest BCUT2D eigenvalue weighted by molar-refractivity contribution is 0.00222. The maximum absolute atomic E-state index is 12.3. The van der Waals surface area contributed by atoms with Crippen LogP contribution in [0.3, 0.4) is 0 Å². The second-order valence-corrected chi connectivity index (χ2v) is 7.92. The van der Waals surface area contributed by atoms with Gasteiger partial charge in [0.1, 0.15) is 11.4 Å². The summed E-state index contributed by atoms with van der Waals surface area (Å²) in [5.41, 5.74) is 0.726. The van der Waals surface area contributed by atoms with E-state index in [1.54, 1.807) is 29.2 Å². The number of benzene rings is 1. The number of nitrogens with zero attached hydrogens (tertiary/aromatic N) is 2. The average molecular weight is 354 g/mol. The molecule has 1 aromatic carbocycles. The van der Waals surface area contributed by atoms with Gasteiger partial charge in [0.15, 0.2) is 0 Å². The van der Waals surface area contributed by atoms with E-state index in [1.165, 1.54) is 0 Å². The molecule has 0 bridgehead atoms. The van der Waals surface area contributed by atoms with Crippen LogP contribution < -0.4 is 4.90 Å². The van der Waals surface area contributed by atoms with Crippen molar-refractivity contribution in [1.82, 2.24) is 4.90 Å². The van der Waals surface area contributed by atoms with Crippen molar-refractivity contribution < 1.29 is 22.5 Å². The van der Waals surface area contributed by atoms with Gasteiger partial charge in [-0.15, -0.1) is 0 Å². The number of hydrogen-bond donors (Lipinski definition) is 1. The Morgan fingerprint density at radius 1 is 1.21 bits per heavy atom. The van der Waals surface area contributed by atoms with Crippen molar-refractivity contribution in [2.75, 3.05) is 31.1 Å². The van der Waals surface area contributed by atoms with Crippen LogP contribution in [-0.4, -0.2) is 55.7 Å². The fourth-order valence-corrected chi connectivity index (χ4v) is 3.96. The summed E-state index contributed by atoms with van der Waals surface area (Å²) < 4.78 is 36.4. The number of anilines is 1. The molecule has 1 aromatic rings. The van der Waals surface area contributed by atoms with Crippen LogP contribution in [0, 0.1) is 0 Å². The summed E-state index contributed by atoms with van der Waals surface area (Å²) in [6.45, 7) is 5.49. The van der Waals surface area contributed by atoms with Gasteiger partial charge >= 0.3 is 6.09 Å².